The fourth-order valence-corrected chi connectivity index (χ4v) is 2.47. The average molecular weight is 276 g/mol. The van der Waals surface area contributed by atoms with Gasteiger partial charge in [0.05, 0.1) is 23.5 Å². The molecule has 1 saturated heterocycles. The zero-order chi connectivity index (χ0) is 14.6. The minimum absolute atomic E-state index is 0.0148. The number of hydrogen-bond acceptors (Lipinski definition) is 5. The number of ether oxygens (including phenoxy) is 2. The second kappa shape index (κ2) is 5.88. The summed E-state index contributed by atoms with van der Waals surface area (Å²) in [5, 5.41) is 20.3. The molecular weight excluding hydrogens is 260 g/mol. The van der Waals surface area contributed by atoms with Crippen molar-refractivity contribution in [2.75, 3.05) is 20.3 Å². The van der Waals surface area contributed by atoms with Crippen molar-refractivity contribution >= 4 is 5.69 Å². The minimum Gasteiger partial charge on any atom is -0.496 e. The van der Waals surface area contributed by atoms with Crippen LogP contribution < -0.4 is 4.74 Å². The van der Waals surface area contributed by atoms with E-state index in [2.05, 4.69) is 6.07 Å². The second-order valence-electron chi connectivity index (χ2n) is 4.93. The number of hydrogen-bond donors (Lipinski definition) is 0. The van der Waals surface area contributed by atoms with Crippen molar-refractivity contribution in [3.05, 3.63) is 33.9 Å². The van der Waals surface area contributed by atoms with Crippen molar-refractivity contribution in [1.29, 1.82) is 5.26 Å². The fraction of sp³-hybridized carbons (Fsp3) is 0.500. The molecule has 1 fully saturated rings. The molecule has 0 N–H and O–H groups in total. The molecule has 1 aliphatic heterocycles. The van der Waals surface area contributed by atoms with Crippen LogP contribution in [0.25, 0.3) is 0 Å². The Morgan fingerprint density at radius 3 is 2.75 bits per heavy atom. The Labute approximate surface area is 117 Å². The molecular formula is C14H16N2O4. The third-order valence-electron chi connectivity index (χ3n) is 3.69. The number of nitrogens with zero attached hydrogens (tertiary/aromatic N) is 2. The van der Waals surface area contributed by atoms with Gasteiger partial charge in [-0.15, -0.1) is 0 Å². The predicted octanol–water partition coefficient (Wildman–Crippen LogP) is 2.47. The SMILES string of the molecule is COc1ccc([N+](=O)[O-])cc1CC1(C#N)CCOCC1. The Balaban J connectivity index is 2.33. The molecule has 2 rings (SSSR count). The monoisotopic (exact) mass is 276 g/mol. The average Bonchev–Trinajstić information content (AvgIpc) is 2.48. The Kier molecular flexibility index (Phi) is 4.20. The van der Waals surface area contributed by atoms with Gasteiger partial charge in [-0.1, -0.05) is 0 Å². The molecule has 0 bridgehead atoms. The number of methoxy groups -OCH3 is 1. The second-order valence-corrected chi connectivity index (χ2v) is 4.93. The largest absolute Gasteiger partial charge is 0.496 e. The first-order chi connectivity index (χ1) is 9.60. The van der Waals surface area contributed by atoms with Gasteiger partial charge in [0.15, 0.2) is 0 Å². The number of nitro groups is 1. The third-order valence-corrected chi connectivity index (χ3v) is 3.69. The summed E-state index contributed by atoms with van der Waals surface area (Å²) in [6.07, 6.45) is 1.71. The van der Waals surface area contributed by atoms with Gasteiger partial charge in [0.25, 0.3) is 5.69 Å². The van der Waals surface area contributed by atoms with Crippen LogP contribution in [0, 0.1) is 26.9 Å². The maximum absolute atomic E-state index is 10.9. The lowest BCUT2D eigenvalue weighted by Gasteiger charge is -2.31. The molecule has 6 heteroatoms. The van der Waals surface area contributed by atoms with E-state index in [-0.39, 0.29) is 5.69 Å². The van der Waals surface area contributed by atoms with Crippen molar-refractivity contribution < 1.29 is 14.4 Å². The van der Waals surface area contributed by atoms with Gasteiger partial charge in [-0.25, -0.2) is 0 Å². The lowest BCUT2D eigenvalue weighted by molar-refractivity contribution is -0.384. The van der Waals surface area contributed by atoms with E-state index in [1.807, 2.05) is 0 Å². The van der Waals surface area contributed by atoms with E-state index in [0.717, 1.165) is 0 Å². The van der Waals surface area contributed by atoms with Gasteiger partial charge in [0, 0.05) is 30.9 Å². The van der Waals surface area contributed by atoms with Gasteiger partial charge in [-0.05, 0) is 25.3 Å². The first-order valence-electron chi connectivity index (χ1n) is 6.40. The molecule has 1 heterocycles. The lowest BCUT2D eigenvalue weighted by atomic mass is 9.76. The quantitative estimate of drug-likeness (QED) is 0.623. The van der Waals surface area contributed by atoms with Crippen LogP contribution in [0.15, 0.2) is 18.2 Å². The molecule has 0 spiro atoms. The molecule has 0 saturated carbocycles. The normalized spacial score (nSPS) is 17.2. The maximum atomic E-state index is 10.9. The molecule has 6 nitrogen and oxygen atoms in total. The zero-order valence-electron chi connectivity index (χ0n) is 11.3. The van der Waals surface area contributed by atoms with Crippen LogP contribution in [-0.4, -0.2) is 25.2 Å². The van der Waals surface area contributed by atoms with Crippen LogP contribution in [-0.2, 0) is 11.2 Å². The summed E-state index contributed by atoms with van der Waals surface area (Å²) in [5.41, 5.74) is 0.187. The van der Waals surface area contributed by atoms with Crippen molar-refractivity contribution in [3.63, 3.8) is 0 Å². The van der Waals surface area contributed by atoms with Crippen LogP contribution >= 0.6 is 0 Å². The molecule has 1 aromatic rings. The Hall–Kier alpha value is -2.13. The van der Waals surface area contributed by atoms with Gasteiger partial charge in [0.2, 0.25) is 0 Å². The van der Waals surface area contributed by atoms with Crippen molar-refractivity contribution in [2.45, 2.75) is 19.3 Å². The zero-order valence-corrected chi connectivity index (χ0v) is 11.3. The van der Waals surface area contributed by atoms with Crippen molar-refractivity contribution in [2.24, 2.45) is 5.41 Å². The molecule has 1 aromatic carbocycles. The molecule has 20 heavy (non-hydrogen) atoms. The van der Waals surface area contributed by atoms with Gasteiger partial charge in [0.1, 0.15) is 5.75 Å². The minimum atomic E-state index is -0.527. The van der Waals surface area contributed by atoms with Gasteiger partial charge in [-0.2, -0.15) is 5.26 Å². The summed E-state index contributed by atoms with van der Waals surface area (Å²) >= 11 is 0. The molecule has 0 unspecified atom stereocenters. The van der Waals surface area contributed by atoms with Crippen LogP contribution in [0.5, 0.6) is 5.75 Å². The third kappa shape index (κ3) is 2.89. The Bertz CT molecular complexity index is 545. The predicted molar refractivity (Wildman–Crippen MR) is 71.5 cm³/mol. The van der Waals surface area contributed by atoms with Crippen LogP contribution in [0.3, 0.4) is 0 Å². The standard InChI is InChI=1S/C14H16N2O4/c1-19-13-3-2-12(16(17)18)8-11(13)9-14(10-15)4-6-20-7-5-14/h2-3,8H,4-7,9H2,1H3. The Morgan fingerprint density at radius 2 is 2.20 bits per heavy atom. The topological polar surface area (TPSA) is 85.4 Å². The summed E-state index contributed by atoms with van der Waals surface area (Å²) in [7, 11) is 1.52. The van der Waals surface area contributed by atoms with E-state index in [0.29, 0.717) is 43.8 Å². The van der Waals surface area contributed by atoms with Crippen LogP contribution in [0.1, 0.15) is 18.4 Å². The fourth-order valence-electron chi connectivity index (χ4n) is 2.47. The van der Waals surface area contributed by atoms with E-state index in [4.69, 9.17) is 9.47 Å². The van der Waals surface area contributed by atoms with Crippen molar-refractivity contribution in [1.82, 2.24) is 0 Å². The maximum Gasteiger partial charge on any atom is 0.269 e. The van der Waals surface area contributed by atoms with Crippen LogP contribution in [0.2, 0.25) is 0 Å². The number of benzene rings is 1. The highest BCUT2D eigenvalue weighted by atomic mass is 16.6. The summed E-state index contributed by atoms with van der Waals surface area (Å²) in [5.74, 6) is 0.580. The van der Waals surface area contributed by atoms with E-state index in [9.17, 15) is 15.4 Å². The van der Waals surface area contributed by atoms with E-state index in [1.54, 1.807) is 6.07 Å². The number of rotatable bonds is 4. The first kappa shape index (κ1) is 14.3. The molecule has 0 atom stereocenters. The Morgan fingerprint density at radius 1 is 1.50 bits per heavy atom. The highest BCUT2D eigenvalue weighted by Crippen LogP contribution is 2.37. The number of non-ortho nitro benzene ring substituents is 1. The highest BCUT2D eigenvalue weighted by molar-refractivity contribution is 5.44. The first-order valence-corrected chi connectivity index (χ1v) is 6.40. The summed E-state index contributed by atoms with van der Waals surface area (Å²) < 4.78 is 10.5. The molecule has 0 amide bonds. The molecule has 0 aromatic heterocycles. The lowest BCUT2D eigenvalue weighted by Crippen LogP contribution is -2.30. The van der Waals surface area contributed by atoms with E-state index in [1.165, 1.54) is 19.2 Å². The molecule has 1 aliphatic rings. The van der Waals surface area contributed by atoms with E-state index < -0.39 is 10.3 Å². The van der Waals surface area contributed by atoms with Gasteiger partial charge >= 0.3 is 0 Å². The van der Waals surface area contributed by atoms with Gasteiger partial charge in [-0.3, -0.25) is 10.1 Å². The molecule has 106 valence electrons. The van der Waals surface area contributed by atoms with Crippen molar-refractivity contribution in [3.8, 4) is 11.8 Å². The van der Waals surface area contributed by atoms with Gasteiger partial charge < -0.3 is 9.47 Å². The smallest absolute Gasteiger partial charge is 0.269 e. The molecule has 0 radical (unpaired) electrons. The van der Waals surface area contributed by atoms with Crippen LogP contribution in [0.4, 0.5) is 5.69 Å². The summed E-state index contributed by atoms with van der Waals surface area (Å²) in [6.45, 7) is 1.09. The number of nitriles is 1. The highest BCUT2D eigenvalue weighted by Gasteiger charge is 2.34. The molecule has 0 aliphatic carbocycles. The summed E-state index contributed by atoms with van der Waals surface area (Å²) in [4.78, 5) is 10.4. The number of nitro benzene ring substituents is 1. The van der Waals surface area contributed by atoms with E-state index >= 15 is 0 Å². The summed E-state index contributed by atoms with van der Waals surface area (Å²) in [6, 6.07) is 6.84.